The molecule has 0 aromatic rings. The molecule has 0 aromatic carbocycles. The molecule has 1 rings (SSSR count). The number of halogens is 1. The molecule has 0 spiro atoms. The van der Waals surface area contributed by atoms with E-state index in [1.807, 2.05) is 43.4 Å². The molecule has 2 atom stereocenters. The highest BCUT2D eigenvalue weighted by Gasteiger charge is 2.19. The number of rotatable bonds is 15. The van der Waals surface area contributed by atoms with Gasteiger partial charge in [-0.05, 0) is 63.4 Å². The van der Waals surface area contributed by atoms with Crippen LogP contribution in [0.2, 0.25) is 0 Å². The molecular formula is C33H49ClO5. The van der Waals surface area contributed by atoms with Gasteiger partial charge in [-0.2, -0.15) is 0 Å². The van der Waals surface area contributed by atoms with E-state index in [1.165, 1.54) is 12.5 Å². The smallest absolute Gasteiger partial charge is 0.328 e. The van der Waals surface area contributed by atoms with Gasteiger partial charge in [-0.1, -0.05) is 118 Å². The van der Waals surface area contributed by atoms with Crippen molar-refractivity contribution < 1.29 is 24.9 Å². The molecule has 0 aromatic heterocycles. The summed E-state index contributed by atoms with van der Waals surface area (Å²) in [5, 5.41) is 28.0. The van der Waals surface area contributed by atoms with E-state index in [1.54, 1.807) is 6.08 Å². The second kappa shape index (κ2) is 23.3. The predicted molar refractivity (Wildman–Crippen MR) is 164 cm³/mol. The Morgan fingerprint density at radius 3 is 2.08 bits per heavy atom. The van der Waals surface area contributed by atoms with Crippen molar-refractivity contribution in [2.75, 3.05) is 0 Å². The van der Waals surface area contributed by atoms with Crippen LogP contribution >= 0.6 is 11.6 Å². The minimum atomic E-state index is -0.964. The molecule has 0 aliphatic heterocycles. The van der Waals surface area contributed by atoms with Crippen LogP contribution in [0.15, 0.2) is 83.5 Å². The average molecular weight is 561 g/mol. The fraction of sp³-hybridized carbons (Fsp3) is 0.515. The molecule has 0 amide bonds. The van der Waals surface area contributed by atoms with Crippen molar-refractivity contribution in [3.05, 3.63) is 83.5 Å². The molecule has 5 nitrogen and oxygen atoms in total. The molecule has 1 fully saturated rings. The Morgan fingerprint density at radius 2 is 1.49 bits per heavy atom. The number of aliphatic hydroxyl groups excluding tert-OH is 1. The van der Waals surface area contributed by atoms with Gasteiger partial charge in [0.15, 0.2) is 0 Å². The molecule has 0 bridgehead atoms. The third-order valence-electron chi connectivity index (χ3n) is 6.20. The zero-order valence-corrected chi connectivity index (χ0v) is 24.9. The van der Waals surface area contributed by atoms with Gasteiger partial charge in [0.25, 0.3) is 0 Å². The molecule has 1 aliphatic carbocycles. The molecule has 0 radical (unpaired) electrons. The van der Waals surface area contributed by atoms with Crippen molar-refractivity contribution in [1.82, 2.24) is 0 Å². The van der Waals surface area contributed by atoms with Crippen molar-refractivity contribution in [2.45, 2.75) is 91.6 Å². The fourth-order valence-electron chi connectivity index (χ4n) is 3.74. The summed E-state index contributed by atoms with van der Waals surface area (Å²) in [5.74, 6) is -0.844. The van der Waals surface area contributed by atoms with Gasteiger partial charge in [-0.3, -0.25) is 4.79 Å². The lowest BCUT2D eigenvalue weighted by Gasteiger charge is -2.16. The molecule has 3 N–H and O–H groups in total. The van der Waals surface area contributed by atoms with Crippen LogP contribution < -0.4 is 0 Å². The molecular weight excluding hydrogens is 512 g/mol. The third-order valence-corrected chi connectivity index (χ3v) is 6.70. The average Bonchev–Trinajstić information content (AvgIpc) is 2.90. The van der Waals surface area contributed by atoms with Crippen molar-refractivity contribution >= 4 is 23.5 Å². The molecule has 2 unspecified atom stereocenters. The second-order valence-electron chi connectivity index (χ2n) is 10.3. The lowest BCUT2D eigenvalue weighted by Crippen LogP contribution is -2.16. The number of hydrogen-bond acceptors (Lipinski definition) is 3. The molecule has 218 valence electrons. The summed E-state index contributed by atoms with van der Waals surface area (Å²) in [7, 11) is 0. The third kappa shape index (κ3) is 23.0. The van der Waals surface area contributed by atoms with Gasteiger partial charge < -0.3 is 15.3 Å². The van der Waals surface area contributed by atoms with Crippen LogP contribution in [-0.4, -0.2) is 33.4 Å². The van der Waals surface area contributed by atoms with Gasteiger partial charge in [0.2, 0.25) is 0 Å². The summed E-state index contributed by atoms with van der Waals surface area (Å²) >= 11 is 6.36. The number of carboxylic acid groups (broad SMARTS) is 2. The molecule has 0 saturated heterocycles. The number of hydrogen-bond donors (Lipinski definition) is 3. The zero-order valence-electron chi connectivity index (χ0n) is 24.1. The molecule has 6 heteroatoms. The Morgan fingerprint density at radius 1 is 0.846 bits per heavy atom. The van der Waals surface area contributed by atoms with Crippen LogP contribution in [0.3, 0.4) is 0 Å². The number of carbonyl (C=O) groups is 2. The zero-order chi connectivity index (χ0) is 29.5. The summed E-state index contributed by atoms with van der Waals surface area (Å²) in [4.78, 5) is 20.7. The van der Waals surface area contributed by atoms with E-state index in [0.717, 1.165) is 68.0 Å². The lowest BCUT2D eigenvalue weighted by atomic mass is 9.90. The van der Waals surface area contributed by atoms with Crippen molar-refractivity contribution in [1.29, 1.82) is 0 Å². The Hall–Kier alpha value is -2.63. The van der Waals surface area contributed by atoms with Crippen LogP contribution in [0.4, 0.5) is 0 Å². The predicted octanol–water partition coefficient (Wildman–Crippen LogP) is 8.79. The second-order valence-corrected chi connectivity index (χ2v) is 10.8. The Labute approximate surface area is 241 Å². The highest BCUT2D eigenvalue weighted by Crippen LogP contribution is 2.23. The van der Waals surface area contributed by atoms with E-state index in [4.69, 9.17) is 21.8 Å². The van der Waals surface area contributed by atoms with Gasteiger partial charge in [-0.25, -0.2) is 4.79 Å². The first kappa shape index (κ1) is 36.4. The number of allylic oxidation sites excluding steroid dienone is 13. The maximum atomic E-state index is 10.4. The van der Waals surface area contributed by atoms with Crippen LogP contribution in [0.5, 0.6) is 0 Å². The van der Waals surface area contributed by atoms with E-state index in [-0.39, 0.29) is 17.9 Å². The molecule has 1 saturated carbocycles. The summed E-state index contributed by atoms with van der Waals surface area (Å²) < 4.78 is 0. The summed E-state index contributed by atoms with van der Waals surface area (Å²) in [6, 6.07) is 0. The largest absolute Gasteiger partial charge is 0.481 e. The van der Waals surface area contributed by atoms with Crippen molar-refractivity contribution in [2.24, 2.45) is 17.8 Å². The Bertz CT molecular complexity index is 899. The quantitative estimate of drug-likeness (QED) is 0.137. The van der Waals surface area contributed by atoms with E-state index >= 15 is 0 Å². The minimum Gasteiger partial charge on any atom is -0.481 e. The van der Waals surface area contributed by atoms with Crippen molar-refractivity contribution in [3.8, 4) is 0 Å². The number of carboxylic acids is 2. The van der Waals surface area contributed by atoms with E-state index in [0.29, 0.717) is 5.92 Å². The highest BCUT2D eigenvalue weighted by molar-refractivity contribution is 6.29. The maximum Gasteiger partial charge on any atom is 0.328 e. The van der Waals surface area contributed by atoms with E-state index in [2.05, 4.69) is 39.0 Å². The van der Waals surface area contributed by atoms with E-state index < -0.39 is 11.9 Å². The van der Waals surface area contributed by atoms with E-state index in [9.17, 15) is 14.7 Å². The maximum absolute atomic E-state index is 10.4. The van der Waals surface area contributed by atoms with Crippen LogP contribution in [-0.2, 0) is 9.59 Å². The lowest BCUT2D eigenvalue weighted by molar-refractivity contribution is -0.142. The van der Waals surface area contributed by atoms with Gasteiger partial charge in [0.1, 0.15) is 0 Å². The van der Waals surface area contributed by atoms with Crippen LogP contribution in [0.25, 0.3) is 0 Å². The normalized spacial score (nSPS) is 17.5. The highest BCUT2D eigenvalue weighted by atomic mass is 35.5. The number of aliphatic carboxylic acids is 2. The van der Waals surface area contributed by atoms with Gasteiger partial charge >= 0.3 is 11.9 Å². The summed E-state index contributed by atoms with van der Waals surface area (Å²) in [5.41, 5.74) is 0.996. The van der Waals surface area contributed by atoms with Crippen LogP contribution in [0, 0.1) is 17.8 Å². The monoisotopic (exact) mass is 560 g/mol. The molecule has 0 heterocycles. The first-order chi connectivity index (χ1) is 18.5. The van der Waals surface area contributed by atoms with Crippen LogP contribution in [0.1, 0.15) is 85.5 Å². The Balaban J connectivity index is 0.00000134. The minimum absolute atomic E-state index is 0.0289. The SMILES string of the molecule is CC(/C=C/C=C/C(=O)O)=C\C=C\C=C(/Cl)C(C)CCC(O)CC/C=C/C=C/C(C)C.O=C(O)C1CCCCC1. The topological polar surface area (TPSA) is 94.8 Å². The van der Waals surface area contributed by atoms with Gasteiger partial charge in [0.05, 0.1) is 12.0 Å². The van der Waals surface area contributed by atoms with Crippen molar-refractivity contribution in [3.63, 3.8) is 0 Å². The van der Waals surface area contributed by atoms with Gasteiger partial charge in [-0.15, -0.1) is 0 Å². The summed E-state index contributed by atoms with van der Waals surface area (Å²) in [6.45, 7) is 8.28. The summed E-state index contributed by atoms with van der Waals surface area (Å²) in [6.07, 6.45) is 30.1. The first-order valence-electron chi connectivity index (χ1n) is 14.0. The first-order valence-corrected chi connectivity index (χ1v) is 14.4. The molecule has 39 heavy (non-hydrogen) atoms. The number of aliphatic hydroxyl groups is 1. The fourth-order valence-corrected chi connectivity index (χ4v) is 3.93. The molecule has 1 aliphatic rings. The van der Waals surface area contributed by atoms with Gasteiger partial charge in [0, 0.05) is 11.1 Å². The Kier molecular flexibility index (Phi) is 21.7. The standard InChI is InChI=1S/C26H37ClO3.C7H12O2/c1-21(2)13-7-5-6-8-16-24(28)20-19-23(4)25(27)17-11-9-14-22(3)15-10-12-18-26(29)30;8-7(9)6-4-2-1-3-5-6/h5-7,9-15,17-18,21,23-24,28H,8,16,19-20H2,1-4H3,(H,29,30);6H,1-5H2,(H,8,9)/b6-5+,11-9+,13-7+,15-10+,18-12+,22-14+,25-17-;.